The molecular weight excluding hydrogens is 370 g/mol. The zero-order valence-electron chi connectivity index (χ0n) is 12.8. The second-order valence-electron chi connectivity index (χ2n) is 5.76. The van der Waals surface area contributed by atoms with Crippen LogP contribution in [0, 0.1) is 0 Å². The highest BCUT2D eigenvalue weighted by molar-refractivity contribution is 9.10. The smallest absolute Gasteiger partial charge is 0.261 e. The van der Waals surface area contributed by atoms with Crippen molar-refractivity contribution in [1.82, 2.24) is 9.55 Å². The van der Waals surface area contributed by atoms with Gasteiger partial charge in [-0.25, -0.2) is 4.98 Å². The Hall–Kier alpha value is -2.47. The Morgan fingerprint density at radius 2 is 2.04 bits per heavy atom. The van der Waals surface area contributed by atoms with Gasteiger partial charge in [-0.05, 0) is 36.2 Å². The number of aromatic nitrogens is 2. The van der Waals surface area contributed by atoms with E-state index in [1.54, 1.807) is 17.0 Å². The third kappa shape index (κ3) is 2.53. The van der Waals surface area contributed by atoms with Crippen LogP contribution in [0.25, 0.3) is 10.9 Å². The first-order chi connectivity index (χ1) is 11.6. The van der Waals surface area contributed by atoms with E-state index < -0.39 is 0 Å². The van der Waals surface area contributed by atoms with E-state index in [1.807, 2.05) is 30.3 Å². The molecule has 6 heteroatoms. The lowest BCUT2D eigenvalue weighted by Crippen LogP contribution is -2.35. The van der Waals surface area contributed by atoms with E-state index in [2.05, 4.69) is 20.9 Å². The summed E-state index contributed by atoms with van der Waals surface area (Å²) in [5, 5.41) is 0.501. The molecule has 1 amide bonds. The number of para-hydroxylation sites is 1. The summed E-state index contributed by atoms with van der Waals surface area (Å²) in [5.74, 6) is -0.0989. The molecule has 0 radical (unpaired) electrons. The van der Waals surface area contributed by atoms with Crippen molar-refractivity contribution >= 4 is 38.4 Å². The monoisotopic (exact) mass is 383 g/mol. The first-order valence-corrected chi connectivity index (χ1v) is 8.46. The van der Waals surface area contributed by atoms with Crippen LogP contribution in [0.1, 0.15) is 5.56 Å². The summed E-state index contributed by atoms with van der Waals surface area (Å²) in [5.41, 5.74) is 2.52. The molecule has 0 bridgehead atoms. The lowest BCUT2D eigenvalue weighted by molar-refractivity contribution is -0.119. The van der Waals surface area contributed by atoms with Gasteiger partial charge in [0.15, 0.2) is 0 Å². The highest BCUT2D eigenvalue weighted by Gasteiger charge is 2.24. The number of carbonyl (C=O) groups excluding carboxylic acids is 1. The largest absolute Gasteiger partial charge is 0.310 e. The van der Waals surface area contributed by atoms with Gasteiger partial charge in [0.1, 0.15) is 6.54 Å². The summed E-state index contributed by atoms with van der Waals surface area (Å²) < 4.78 is 2.18. The van der Waals surface area contributed by atoms with Crippen molar-refractivity contribution in [3.8, 4) is 0 Å². The van der Waals surface area contributed by atoms with Crippen molar-refractivity contribution in [2.45, 2.75) is 13.0 Å². The van der Waals surface area contributed by atoms with Gasteiger partial charge in [-0.2, -0.15) is 0 Å². The number of benzene rings is 2. The maximum atomic E-state index is 12.7. The number of hydrogen-bond acceptors (Lipinski definition) is 3. The fourth-order valence-electron chi connectivity index (χ4n) is 3.07. The van der Waals surface area contributed by atoms with Crippen LogP contribution < -0.4 is 10.5 Å². The molecule has 3 aromatic rings. The second kappa shape index (κ2) is 5.87. The van der Waals surface area contributed by atoms with Crippen molar-refractivity contribution in [3.05, 3.63) is 69.2 Å². The fourth-order valence-corrected chi connectivity index (χ4v) is 3.43. The average Bonchev–Trinajstić information content (AvgIpc) is 3.02. The van der Waals surface area contributed by atoms with Crippen LogP contribution in [0.3, 0.4) is 0 Å². The van der Waals surface area contributed by atoms with E-state index in [-0.39, 0.29) is 18.0 Å². The summed E-state index contributed by atoms with van der Waals surface area (Å²) in [4.78, 5) is 31.3. The molecule has 0 saturated carbocycles. The predicted molar refractivity (Wildman–Crippen MR) is 96.2 cm³/mol. The predicted octanol–water partition coefficient (Wildman–Crippen LogP) is 2.75. The average molecular weight is 384 g/mol. The molecule has 120 valence electrons. The fraction of sp³-hybridized carbons (Fsp3) is 0.167. The Kier molecular flexibility index (Phi) is 3.69. The quantitative estimate of drug-likeness (QED) is 0.683. The Morgan fingerprint density at radius 1 is 1.21 bits per heavy atom. The lowest BCUT2D eigenvalue weighted by Gasteiger charge is -2.18. The van der Waals surface area contributed by atoms with Crippen molar-refractivity contribution in [3.63, 3.8) is 0 Å². The van der Waals surface area contributed by atoms with Gasteiger partial charge in [0.25, 0.3) is 5.56 Å². The van der Waals surface area contributed by atoms with Crippen molar-refractivity contribution in [2.75, 3.05) is 11.4 Å². The molecule has 0 spiro atoms. The molecule has 5 nitrogen and oxygen atoms in total. The molecule has 1 aliphatic heterocycles. The Bertz CT molecular complexity index is 1010. The molecule has 0 fully saturated rings. The topological polar surface area (TPSA) is 55.2 Å². The van der Waals surface area contributed by atoms with Crippen molar-refractivity contribution < 1.29 is 4.79 Å². The molecule has 0 atom stereocenters. The second-order valence-corrected chi connectivity index (χ2v) is 6.68. The molecular formula is C18H14BrN3O2. The summed E-state index contributed by atoms with van der Waals surface area (Å²) in [7, 11) is 0. The summed E-state index contributed by atoms with van der Waals surface area (Å²) in [6, 6.07) is 13.2. The third-order valence-electron chi connectivity index (χ3n) is 4.28. The minimum atomic E-state index is -0.206. The third-order valence-corrected chi connectivity index (χ3v) is 4.77. The summed E-state index contributed by atoms with van der Waals surface area (Å²) >= 11 is 3.36. The first-order valence-electron chi connectivity index (χ1n) is 7.66. The summed E-state index contributed by atoms with van der Waals surface area (Å²) in [6.45, 7) is 0.641. The molecule has 2 aromatic carbocycles. The zero-order valence-corrected chi connectivity index (χ0v) is 14.4. The van der Waals surface area contributed by atoms with Crippen LogP contribution in [-0.2, 0) is 17.8 Å². The Balaban J connectivity index is 1.67. The van der Waals surface area contributed by atoms with E-state index >= 15 is 0 Å². The van der Waals surface area contributed by atoms with Crippen LogP contribution in [0.5, 0.6) is 0 Å². The summed E-state index contributed by atoms with van der Waals surface area (Å²) in [6.07, 6.45) is 2.29. The number of rotatable bonds is 2. The molecule has 0 N–H and O–H groups in total. The van der Waals surface area contributed by atoms with Gasteiger partial charge in [0, 0.05) is 16.7 Å². The van der Waals surface area contributed by atoms with E-state index in [0.717, 1.165) is 16.6 Å². The van der Waals surface area contributed by atoms with Crippen LogP contribution in [-0.4, -0.2) is 22.0 Å². The van der Waals surface area contributed by atoms with Gasteiger partial charge >= 0.3 is 0 Å². The SMILES string of the molecule is O=C(Cn1cnc2ccc(Br)cc2c1=O)N1CCc2ccccc21. The van der Waals surface area contributed by atoms with Gasteiger partial charge in [-0.1, -0.05) is 34.1 Å². The highest BCUT2D eigenvalue weighted by atomic mass is 79.9. The van der Waals surface area contributed by atoms with E-state index in [0.29, 0.717) is 17.4 Å². The number of amides is 1. The molecule has 1 aliphatic rings. The first kappa shape index (κ1) is 15.1. The van der Waals surface area contributed by atoms with E-state index in [4.69, 9.17) is 0 Å². The Morgan fingerprint density at radius 3 is 2.92 bits per heavy atom. The number of anilines is 1. The van der Waals surface area contributed by atoms with Crippen molar-refractivity contribution in [1.29, 1.82) is 0 Å². The van der Waals surface area contributed by atoms with Crippen LogP contribution >= 0.6 is 15.9 Å². The molecule has 0 aliphatic carbocycles. The minimum absolute atomic E-state index is 0.0113. The maximum absolute atomic E-state index is 12.7. The molecule has 0 saturated heterocycles. The number of carbonyl (C=O) groups is 1. The Labute approximate surface area is 146 Å². The highest BCUT2D eigenvalue weighted by Crippen LogP contribution is 2.27. The van der Waals surface area contributed by atoms with Gasteiger partial charge in [0.2, 0.25) is 5.91 Å². The normalized spacial score (nSPS) is 13.3. The molecule has 2 heterocycles. The lowest BCUT2D eigenvalue weighted by atomic mass is 10.2. The molecule has 1 aromatic heterocycles. The minimum Gasteiger partial charge on any atom is -0.310 e. The maximum Gasteiger partial charge on any atom is 0.261 e. The van der Waals surface area contributed by atoms with Gasteiger partial charge in [-0.3, -0.25) is 14.2 Å². The van der Waals surface area contributed by atoms with Gasteiger partial charge in [0.05, 0.1) is 17.2 Å². The zero-order chi connectivity index (χ0) is 16.7. The van der Waals surface area contributed by atoms with E-state index in [9.17, 15) is 9.59 Å². The van der Waals surface area contributed by atoms with Gasteiger partial charge < -0.3 is 4.90 Å². The van der Waals surface area contributed by atoms with Gasteiger partial charge in [-0.15, -0.1) is 0 Å². The number of hydrogen-bond donors (Lipinski definition) is 0. The van der Waals surface area contributed by atoms with Crippen LogP contribution in [0.4, 0.5) is 5.69 Å². The molecule has 0 unspecified atom stereocenters. The number of nitrogens with zero attached hydrogens (tertiary/aromatic N) is 3. The van der Waals surface area contributed by atoms with Crippen molar-refractivity contribution in [2.24, 2.45) is 0 Å². The number of fused-ring (bicyclic) bond motifs is 2. The van der Waals surface area contributed by atoms with Crippen LogP contribution in [0.15, 0.2) is 58.1 Å². The molecule has 4 rings (SSSR count). The molecule has 24 heavy (non-hydrogen) atoms. The van der Waals surface area contributed by atoms with Crippen LogP contribution in [0.2, 0.25) is 0 Å². The van der Waals surface area contributed by atoms with E-state index in [1.165, 1.54) is 16.5 Å². The number of halogens is 1. The standard InChI is InChI=1S/C18H14BrN3O2/c19-13-5-6-15-14(9-13)18(24)21(11-20-15)10-17(23)22-8-7-12-3-1-2-4-16(12)22/h1-6,9,11H,7-8,10H2.